The van der Waals surface area contributed by atoms with Crippen LogP contribution in [0.4, 0.5) is 0 Å². The van der Waals surface area contributed by atoms with Gasteiger partial charge in [0.15, 0.2) is 0 Å². The van der Waals surface area contributed by atoms with Crippen molar-refractivity contribution in [2.75, 3.05) is 20.3 Å². The first-order valence-corrected chi connectivity index (χ1v) is 8.61. The van der Waals surface area contributed by atoms with Crippen molar-refractivity contribution in [3.63, 3.8) is 0 Å². The van der Waals surface area contributed by atoms with Gasteiger partial charge in [0.05, 0.1) is 12.7 Å². The lowest BCUT2D eigenvalue weighted by molar-refractivity contribution is 0.0987. The van der Waals surface area contributed by atoms with Crippen LogP contribution in [0, 0.1) is 11.3 Å². The van der Waals surface area contributed by atoms with Gasteiger partial charge in [-0.05, 0) is 50.1 Å². The minimum atomic E-state index is -0.670. The van der Waals surface area contributed by atoms with Gasteiger partial charge in [0.2, 0.25) is 0 Å². The van der Waals surface area contributed by atoms with E-state index in [0.29, 0.717) is 17.9 Å². The van der Waals surface area contributed by atoms with Crippen molar-refractivity contribution in [1.82, 2.24) is 5.32 Å². The molecule has 0 saturated carbocycles. The molecule has 0 aromatic heterocycles. The molecule has 1 atom stereocenters. The Labute approximate surface area is 167 Å². The molecule has 0 aliphatic rings. The highest BCUT2D eigenvalue weighted by Gasteiger charge is 2.19. The summed E-state index contributed by atoms with van der Waals surface area (Å²) >= 11 is 0. The summed E-state index contributed by atoms with van der Waals surface area (Å²) in [7, 11) is 1.65. The van der Waals surface area contributed by atoms with Gasteiger partial charge < -0.3 is 19.9 Å². The molecule has 27 heavy (non-hydrogen) atoms. The molecule has 0 radical (unpaired) electrons. The van der Waals surface area contributed by atoms with Crippen molar-refractivity contribution in [3.8, 4) is 17.6 Å². The van der Waals surface area contributed by atoms with E-state index in [1.165, 1.54) is 5.56 Å². The van der Waals surface area contributed by atoms with E-state index in [9.17, 15) is 5.11 Å². The topological polar surface area (TPSA) is 74.5 Å². The first kappa shape index (κ1) is 22.8. The summed E-state index contributed by atoms with van der Waals surface area (Å²) in [5, 5.41) is 22.6. The van der Waals surface area contributed by atoms with Gasteiger partial charge in [-0.2, -0.15) is 5.26 Å². The third-order valence-electron chi connectivity index (χ3n) is 4.06. The number of halogens is 1. The van der Waals surface area contributed by atoms with Gasteiger partial charge in [0.25, 0.3) is 0 Å². The van der Waals surface area contributed by atoms with Crippen LogP contribution in [0.15, 0.2) is 48.5 Å². The van der Waals surface area contributed by atoms with E-state index in [4.69, 9.17) is 14.7 Å². The Balaban J connectivity index is 0.00000364. The van der Waals surface area contributed by atoms with E-state index in [0.717, 1.165) is 12.2 Å². The van der Waals surface area contributed by atoms with Gasteiger partial charge >= 0.3 is 0 Å². The average molecular weight is 391 g/mol. The largest absolute Gasteiger partial charge is 0.497 e. The van der Waals surface area contributed by atoms with Crippen LogP contribution in [-0.2, 0) is 6.42 Å². The molecule has 5 nitrogen and oxygen atoms in total. The Bertz CT molecular complexity index is 742. The van der Waals surface area contributed by atoms with E-state index in [2.05, 4.69) is 25.2 Å². The molecular weight excluding hydrogens is 364 g/mol. The fourth-order valence-electron chi connectivity index (χ4n) is 2.64. The van der Waals surface area contributed by atoms with Gasteiger partial charge in [-0.1, -0.05) is 24.3 Å². The van der Waals surface area contributed by atoms with Crippen LogP contribution in [0.1, 0.15) is 25.0 Å². The lowest BCUT2D eigenvalue weighted by atomic mass is 9.94. The Morgan fingerprint density at radius 3 is 2.44 bits per heavy atom. The Morgan fingerprint density at radius 2 is 1.81 bits per heavy atom. The monoisotopic (exact) mass is 390 g/mol. The van der Waals surface area contributed by atoms with Crippen molar-refractivity contribution in [3.05, 3.63) is 59.7 Å². The van der Waals surface area contributed by atoms with E-state index in [1.54, 1.807) is 31.4 Å². The van der Waals surface area contributed by atoms with Crippen LogP contribution >= 0.6 is 12.4 Å². The number of β-amino-alcohol motifs (C(OH)–C–C–N with tert-alkyl or cyclic N) is 1. The Morgan fingerprint density at radius 1 is 1.15 bits per heavy atom. The predicted octanol–water partition coefficient (Wildman–Crippen LogP) is 3.34. The molecule has 1 unspecified atom stereocenters. The quantitative estimate of drug-likeness (QED) is 0.686. The van der Waals surface area contributed by atoms with Crippen LogP contribution in [0.5, 0.6) is 11.5 Å². The number of nitrogens with one attached hydrogen (secondary N) is 1. The highest BCUT2D eigenvalue weighted by Crippen LogP contribution is 2.18. The number of methoxy groups -OCH3 is 1. The van der Waals surface area contributed by atoms with Gasteiger partial charge in [-0.15, -0.1) is 12.4 Å². The van der Waals surface area contributed by atoms with Crippen molar-refractivity contribution in [2.45, 2.75) is 31.9 Å². The fraction of sp³-hybridized carbons (Fsp3) is 0.381. The maximum absolute atomic E-state index is 10.2. The van der Waals surface area contributed by atoms with Gasteiger partial charge in [0.1, 0.15) is 30.3 Å². The molecule has 0 bridgehead atoms. The second-order valence-electron chi connectivity index (χ2n) is 6.86. The molecule has 2 rings (SSSR count). The number of aliphatic hydroxyl groups is 1. The molecular formula is C21H27ClN2O3. The second-order valence-corrected chi connectivity index (χ2v) is 6.86. The molecule has 0 saturated heterocycles. The summed E-state index contributed by atoms with van der Waals surface area (Å²) in [6, 6.07) is 17.1. The fourth-order valence-corrected chi connectivity index (χ4v) is 2.64. The van der Waals surface area contributed by atoms with E-state index >= 15 is 0 Å². The first-order chi connectivity index (χ1) is 12.4. The maximum atomic E-state index is 10.2. The van der Waals surface area contributed by atoms with Gasteiger partial charge in [0, 0.05) is 12.1 Å². The standard InChI is InChI=1S/C21H26N2O3.ClH/c1-21(2,12-16-8-10-19(25-3)11-9-16)23-14-18(24)15-26-20-7-5-4-6-17(20)13-22;/h4-11,18,23-24H,12,14-15H2,1-3H3;1H. The maximum Gasteiger partial charge on any atom is 0.137 e. The summed E-state index contributed by atoms with van der Waals surface area (Å²) in [5.74, 6) is 1.33. The van der Waals surface area contributed by atoms with Gasteiger partial charge in [-0.3, -0.25) is 0 Å². The number of rotatable bonds is 9. The summed E-state index contributed by atoms with van der Waals surface area (Å²) in [6.07, 6.45) is 0.152. The summed E-state index contributed by atoms with van der Waals surface area (Å²) in [5.41, 5.74) is 1.48. The molecule has 2 N–H and O–H groups in total. The molecule has 0 heterocycles. The van der Waals surface area contributed by atoms with Crippen LogP contribution in [0.25, 0.3) is 0 Å². The lowest BCUT2D eigenvalue weighted by Gasteiger charge is -2.28. The molecule has 0 aliphatic carbocycles. The smallest absolute Gasteiger partial charge is 0.137 e. The first-order valence-electron chi connectivity index (χ1n) is 8.61. The number of benzene rings is 2. The van der Waals surface area contributed by atoms with Gasteiger partial charge in [-0.25, -0.2) is 0 Å². The highest BCUT2D eigenvalue weighted by atomic mass is 35.5. The Hall–Kier alpha value is -2.26. The second kappa shape index (κ2) is 10.8. The van der Waals surface area contributed by atoms with E-state index < -0.39 is 6.10 Å². The zero-order chi connectivity index (χ0) is 19.0. The lowest BCUT2D eigenvalue weighted by Crippen LogP contribution is -2.46. The highest BCUT2D eigenvalue weighted by molar-refractivity contribution is 5.85. The minimum absolute atomic E-state index is 0. The third-order valence-corrected chi connectivity index (χ3v) is 4.06. The van der Waals surface area contributed by atoms with Crippen molar-refractivity contribution in [1.29, 1.82) is 5.26 Å². The molecule has 6 heteroatoms. The third kappa shape index (κ3) is 7.48. The van der Waals surface area contributed by atoms with E-state index in [-0.39, 0.29) is 24.6 Å². The van der Waals surface area contributed by atoms with Crippen molar-refractivity contribution < 1.29 is 14.6 Å². The zero-order valence-electron chi connectivity index (χ0n) is 15.9. The SMILES string of the molecule is COc1ccc(CC(C)(C)NCC(O)COc2ccccc2C#N)cc1.Cl. The van der Waals surface area contributed by atoms with E-state index in [1.807, 2.05) is 24.3 Å². The molecule has 0 spiro atoms. The molecule has 0 amide bonds. The number of nitriles is 1. The molecule has 0 aliphatic heterocycles. The predicted molar refractivity (Wildman–Crippen MR) is 109 cm³/mol. The Kier molecular flexibility index (Phi) is 9.10. The number of nitrogens with zero attached hydrogens (tertiary/aromatic N) is 1. The average Bonchev–Trinajstić information content (AvgIpc) is 2.65. The normalized spacial score (nSPS) is 11.8. The summed E-state index contributed by atoms with van der Waals surface area (Å²) < 4.78 is 10.7. The molecule has 2 aromatic rings. The minimum Gasteiger partial charge on any atom is -0.497 e. The van der Waals surface area contributed by atoms with Crippen LogP contribution < -0.4 is 14.8 Å². The molecule has 0 fully saturated rings. The molecule has 146 valence electrons. The number of hydrogen-bond donors (Lipinski definition) is 2. The number of aliphatic hydroxyl groups excluding tert-OH is 1. The molecule has 2 aromatic carbocycles. The van der Waals surface area contributed by atoms with Crippen molar-refractivity contribution in [2.24, 2.45) is 0 Å². The number of hydrogen-bond acceptors (Lipinski definition) is 5. The van der Waals surface area contributed by atoms with Crippen LogP contribution in [0.2, 0.25) is 0 Å². The van der Waals surface area contributed by atoms with Crippen molar-refractivity contribution >= 4 is 12.4 Å². The number of ether oxygens (including phenoxy) is 2. The zero-order valence-corrected chi connectivity index (χ0v) is 16.8. The number of para-hydroxylation sites is 1. The summed E-state index contributed by atoms with van der Waals surface area (Å²) in [4.78, 5) is 0. The van der Waals surface area contributed by atoms with Crippen LogP contribution in [0.3, 0.4) is 0 Å². The summed E-state index contributed by atoms with van der Waals surface area (Å²) in [6.45, 7) is 4.72. The van der Waals surface area contributed by atoms with Crippen LogP contribution in [-0.4, -0.2) is 37.0 Å².